The quantitative estimate of drug-likeness (QED) is 0.522. The zero-order valence-electron chi connectivity index (χ0n) is 22.3. The number of furan rings is 1. The number of likely N-dealkylation sites (N-methyl/N-ethyl adjacent to an activating group) is 1. The number of aliphatic hydroxyl groups excluding tert-OH is 1. The van der Waals surface area contributed by atoms with Crippen LogP contribution in [0.5, 0.6) is 5.75 Å². The number of aryl methyl sites for hydroxylation is 1. The van der Waals surface area contributed by atoms with Crippen LogP contribution in [0.3, 0.4) is 0 Å². The van der Waals surface area contributed by atoms with Gasteiger partial charge < -0.3 is 24.5 Å². The van der Waals surface area contributed by atoms with Crippen LogP contribution in [0, 0.1) is 26.2 Å². The molecule has 7 nitrogen and oxygen atoms in total. The number of piperidine rings is 1. The monoisotopic (exact) mass is 495 g/mol. The summed E-state index contributed by atoms with van der Waals surface area (Å²) in [6.45, 7) is 11.0. The number of aliphatic hydroxyl groups is 1. The van der Waals surface area contributed by atoms with Gasteiger partial charge in [0.2, 0.25) is 0 Å². The van der Waals surface area contributed by atoms with E-state index in [1.807, 2.05) is 14.0 Å². The van der Waals surface area contributed by atoms with Crippen LogP contribution >= 0.6 is 0 Å². The van der Waals surface area contributed by atoms with Crippen LogP contribution in [0.15, 0.2) is 28.9 Å². The summed E-state index contributed by atoms with van der Waals surface area (Å²) < 4.78 is 11.3. The summed E-state index contributed by atoms with van der Waals surface area (Å²) in [5.41, 5.74) is 4.79. The van der Waals surface area contributed by atoms with Crippen molar-refractivity contribution in [3.63, 3.8) is 0 Å². The van der Waals surface area contributed by atoms with Crippen LogP contribution in [0.25, 0.3) is 0 Å². The molecule has 2 saturated carbocycles. The molecule has 3 fully saturated rings. The number of hydrogen-bond donors (Lipinski definition) is 2. The number of carbonyl (C=O) groups is 1. The standard InChI is InChI=1S/C29H41N3O4/c1-6-31(5)16-23(33)17-36-25-8-7-21(18(2)19(25)3)15-32-26-9-11-29(26)14-22(13-27(29)32)30-28(34)24-10-12-35-20(24)4/h7-8,10,12,22-23,26-27,33H,6,9,11,13-17H2,1-5H3,(H,30,34)/t22-,23+,26?,27?,29?/m1/s1. The van der Waals surface area contributed by atoms with Crippen LogP contribution < -0.4 is 10.1 Å². The first-order valence-electron chi connectivity index (χ1n) is 13.4. The molecule has 0 radical (unpaired) electrons. The van der Waals surface area contributed by atoms with E-state index in [-0.39, 0.29) is 11.9 Å². The van der Waals surface area contributed by atoms with E-state index in [2.05, 4.69) is 48.0 Å². The van der Waals surface area contributed by atoms with Gasteiger partial charge in [-0.2, -0.15) is 0 Å². The van der Waals surface area contributed by atoms with E-state index in [9.17, 15) is 9.90 Å². The third-order valence-electron chi connectivity index (χ3n) is 9.28. The second-order valence-corrected chi connectivity index (χ2v) is 11.3. The van der Waals surface area contributed by atoms with Crippen LogP contribution in [-0.2, 0) is 6.54 Å². The van der Waals surface area contributed by atoms with Gasteiger partial charge in [-0.3, -0.25) is 9.69 Å². The topological polar surface area (TPSA) is 78.2 Å². The highest BCUT2D eigenvalue weighted by Crippen LogP contribution is 2.65. The summed E-state index contributed by atoms with van der Waals surface area (Å²) in [6, 6.07) is 7.40. The molecule has 36 heavy (non-hydrogen) atoms. The lowest BCUT2D eigenvalue weighted by Gasteiger charge is -2.68. The van der Waals surface area contributed by atoms with Gasteiger partial charge in [0.05, 0.1) is 11.8 Å². The minimum absolute atomic E-state index is 0.0140. The van der Waals surface area contributed by atoms with Crippen molar-refractivity contribution in [3.8, 4) is 5.75 Å². The molecule has 1 aromatic carbocycles. The average Bonchev–Trinajstić information content (AvgIpc) is 3.43. The number of hydrogen-bond acceptors (Lipinski definition) is 6. The maximum atomic E-state index is 12.8. The molecule has 196 valence electrons. The third kappa shape index (κ3) is 4.35. The first kappa shape index (κ1) is 25.3. The molecule has 2 aromatic rings. The van der Waals surface area contributed by atoms with E-state index in [1.165, 1.54) is 24.0 Å². The minimum Gasteiger partial charge on any atom is -0.491 e. The largest absolute Gasteiger partial charge is 0.491 e. The Labute approximate surface area is 214 Å². The molecule has 2 N–H and O–H groups in total. The second-order valence-electron chi connectivity index (χ2n) is 11.3. The van der Waals surface area contributed by atoms with Gasteiger partial charge in [0.25, 0.3) is 5.91 Å². The van der Waals surface area contributed by atoms with Crippen molar-refractivity contribution in [2.45, 2.75) is 84.2 Å². The number of rotatable bonds is 10. The van der Waals surface area contributed by atoms with Crippen molar-refractivity contribution in [2.24, 2.45) is 5.41 Å². The molecule has 2 heterocycles. The molecule has 1 aliphatic heterocycles. The molecular weight excluding hydrogens is 454 g/mol. The van der Waals surface area contributed by atoms with Crippen LogP contribution in [0.4, 0.5) is 0 Å². The molecule has 3 unspecified atom stereocenters. The first-order chi connectivity index (χ1) is 17.2. The minimum atomic E-state index is -0.504. The van der Waals surface area contributed by atoms with E-state index in [0.29, 0.717) is 42.0 Å². The Morgan fingerprint density at radius 2 is 2.08 bits per heavy atom. The van der Waals surface area contributed by atoms with Gasteiger partial charge >= 0.3 is 0 Å². The molecule has 7 heteroatoms. The smallest absolute Gasteiger partial charge is 0.255 e. The number of nitrogens with one attached hydrogen (secondary N) is 1. The molecular formula is C29H41N3O4. The van der Waals surface area contributed by atoms with E-state index in [4.69, 9.17) is 9.15 Å². The van der Waals surface area contributed by atoms with Crippen molar-refractivity contribution in [2.75, 3.05) is 26.7 Å². The molecule has 5 atom stereocenters. The fourth-order valence-corrected chi connectivity index (χ4v) is 6.87. The number of benzene rings is 1. The van der Waals surface area contributed by atoms with Crippen LogP contribution in [0.2, 0.25) is 0 Å². The molecule has 1 spiro atoms. The SMILES string of the molecule is CCN(C)C[C@H](O)COc1ccc(CN2C3CCC34C[C@H](NC(=O)c3ccoc3C)CC24)c(C)c1C. The molecule has 5 rings (SSSR count). The highest BCUT2D eigenvalue weighted by Gasteiger charge is 2.68. The molecule has 0 bridgehead atoms. The van der Waals surface area contributed by atoms with Crippen molar-refractivity contribution in [1.29, 1.82) is 0 Å². The molecule has 1 amide bonds. The zero-order chi connectivity index (χ0) is 25.6. The van der Waals surface area contributed by atoms with Gasteiger partial charge in [-0.25, -0.2) is 0 Å². The zero-order valence-corrected chi connectivity index (χ0v) is 22.3. The van der Waals surface area contributed by atoms with Gasteiger partial charge in [-0.15, -0.1) is 0 Å². The number of nitrogens with zero attached hydrogens (tertiary/aromatic N) is 2. The maximum absolute atomic E-state index is 12.8. The predicted molar refractivity (Wildman–Crippen MR) is 139 cm³/mol. The summed E-state index contributed by atoms with van der Waals surface area (Å²) >= 11 is 0. The Morgan fingerprint density at radius 1 is 1.28 bits per heavy atom. The second kappa shape index (κ2) is 9.84. The number of ether oxygens (including phenoxy) is 1. The van der Waals surface area contributed by atoms with E-state index in [0.717, 1.165) is 37.2 Å². The van der Waals surface area contributed by atoms with Crippen molar-refractivity contribution < 1.29 is 19.1 Å². The number of amides is 1. The van der Waals surface area contributed by atoms with Gasteiger partial charge in [0, 0.05) is 36.6 Å². The fraction of sp³-hybridized carbons (Fsp3) is 0.621. The van der Waals surface area contributed by atoms with E-state index < -0.39 is 6.10 Å². The Morgan fingerprint density at radius 3 is 2.75 bits per heavy atom. The number of likely N-dealkylation sites (tertiary alicyclic amines) is 1. The molecule has 3 aliphatic rings. The van der Waals surface area contributed by atoms with Gasteiger partial charge in [0.1, 0.15) is 24.2 Å². The molecule has 1 aromatic heterocycles. The lowest BCUT2D eigenvalue weighted by molar-refractivity contribution is -0.193. The summed E-state index contributed by atoms with van der Waals surface area (Å²) in [4.78, 5) is 17.5. The van der Waals surface area contributed by atoms with Gasteiger partial charge in [-0.1, -0.05) is 13.0 Å². The highest BCUT2D eigenvalue weighted by atomic mass is 16.5. The average molecular weight is 496 g/mol. The third-order valence-corrected chi connectivity index (χ3v) is 9.28. The number of carbonyl (C=O) groups excluding carboxylic acids is 1. The van der Waals surface area contributed by atoms with Gasteiger partial charge in [0.15, 0.2) is 0 Å². The molecule has 2 aliphatic carbocycles. The van der Waals surface area contributed by atoms with Gasteiger partial charge in [-0.05, 0) is 88.9 Å². The summed E-state index contributed by atoms with van der Waals surface area (Å²) in [5, 5.41) is 13.6. The lowest BCUT2D eigenvalue weighted by atomic mass is 9.53. The first-order valence-corrected chi connectivity index (χ1v) is 13.4. The van der Waals surface area contributed by atoms with Crippen molar-refractivity contribution in [1.82, 2.24) is 15.1 Å². The predicted octanol–water partition coefficient (Wildman–Crippen LogP) is 3.82. The summed E-state index contributed by atoms with van der Waals surface area (Å²) in [6.07, 6.45) is 5.70. The van der Waals surface area contributed by atoms with Crippen molar-refractivity contribution >= 4 is 5.91 Å². The Hall–Kier alpha value is -2.35. The Kier molecular flexibility index (Phi) is 6.92. The maximum Gasteiger partial charge on any atom is 0.255 e. The fourth-order valence-electron chi connectivity index (χ4n) is 6.87. The summed E-state index contributed by atoms with van der Waals surface area (Å²) in [7, 11) is 2.00. The summed E-state index contributed by atoms with van der Waals surface area (Å²) in [5.74, 6) is 1.52. The van der Waals surface area contributed by atoms with Crippen LogP contribution in [-0.4, -0.2) is 71.8 Å². The van der Waals surface area contributed by atoms with Crippen molar-refractivity contribution in [3.05, 3.63) is 52.5 Å². The van der Waals surface area contributed by atoms with E-state index in [1.54, 1.807) is 12.3 Å². The van der Waals surface area contributed by atoms with Crippen LogP contribution in [0.1, 0.15) is 65.4 Å². The Balaban J connectivity index is 1.20. The highest BCUT2D eigenvalue weighted by molar-refractivity contribution is 5.95. The normalized spacial score (nSPS) is 27.7. The molecule has 1 saturated heterocycles. The Bertz CT molecular complexity index is 1110. The lowest BCUT2D eigenvalue weighted by Crippen LogP contribution is -2.74. The van der Waals surface area contributed by atoms with E-state index >= 15 is 0 Å².